The fourth-order valence-corrected chi connectivity index (χ4v) is 1.04. The van der Waals surface area contributed by atoms with Gasteiger partial charge in [0.15, 0.2) is 0 Å². The van der Waals surface area contributed by atoms with Crippen LogP contribution in [0.1, 0.15) is 19.4 Å². The van der Waals surface area contributed by atoms with Crippen LogP contribution in [0.15, 0.2) is 30.3 Å². The lowest BCUT2D eigenvalue weighted by Gasteiger charge is -2.27. The molecule has 0 heterocycles. The maximum Gasteiger partial charge on any atom is 0.102 e. The van der Waals surface area contributed by atoms with E-state index in [1.807, 2.05) is 30.3 Å². The molecule has 3 N–H and O–H groups in total. The minimum absolute atomic E-state index is 0.264. The van der Waals surface area contributed by atoms with Gasteiger partial charge in [0, 0.05) is 6.04 Å². The first kappa shape index (κ1) is 9.23. The highest BCUT2D eigenvalue weighted by molar-refractivity contribution is 5.22. The van der Waals surface area contributed by atoms with Crippen molar-refractivity contribution in [2.45, 2.75) is 25.5 Å². The largest absolute Gasteiger partial charge is 0.384 e. The van der Waals surface area contributed by atoms with Gasteiger partial charge in [-0.1, -0.05) is 30.3 Å². The maximum atomic E-state index is 9.94. The second-order valence-corrected chi connectivity index (χ2v) is 3.30. The molecule has 0 spiro atoms. The van der Waals surface area contributed by atoms with Crippen molar-refractivity contribution in [2.75, 3.05) is 0 Å². The molecule has 2 heteroatoms. The summed E-state index contributed by atoms with van der Waals surface area (Å²) in [6.07, 6.45) is 0. The van der Waals surface area contributed by atoms with Crippen LogP contribution in [0.2, 0.25) is 0 Å². The lowest BCUT2D eigenvalue weighted by Crippen LogP contribution is -2.40. The fraction of sp³-hybridized carbons (Fsp3) is 0.400. The predicted octanol–water partition coefficient (Wildman–Crippen LogP) is 1.24. The van der Waals surface area contributed by atoms with Crippen molar-refractivity contribution < 1.29 is 5.11 Å². The molecule has 0 aliphatic heterocycles. The summed E-state index contributed by atoms with van der Waals surface area (Å²) in [6, 6.07) is 9.20. The first-order chi connectivity index (χ1) is 5.55. The van der Waals surface area contributed by atoms with E-state index >= 15 is 0 Å². The Hall–Kier alpha value is -0.860. The standard InChI is InChI=1S/C10H15NO/c1-8(11)10(2,12)9-6-4-3-5-7-9/h3-8,12H,11H2,1-2H3/t8-,10+/m1/s1. The molecule has 0 saturated heterocycles. The quantitative estimate of drug-likeness (QED) is 0.692. The van der Waals surface area contributed by atoms with Crippen LogP contribution in [0.5, 0.6) is 0 Å². The number of benzene rings is 1. The summed E-state index contributed by atoms with van der Waals surface area (Å²) in [7, 11) is 0. The van der Waals surface area contributed by atoms with Gasteiger partial charge in [0.1, 0.15) is 5.60 Å². The minimum Gasteiger partial charge on any atom is -0.384 e. The van der Waals surface area contributed by atoms with E-state index in [4.69, 9.17) is 5.73 Å². The third-order valence-electron chi connectivity index (χ3n) is 2.24. The number of rotatable bonds is 2. The zero-order chi connectivity index (χ0) is 9.19. The van der Waals surface area contributed by atoms with Crippen molar-refractivity contribution in [2.24, 2.45) is 5.73 Å². The molecule has 0 radical (unpaired) electrons. The molecule has 0 aliphatic rings. The molecular weight excluding hydrogens is 150 g/mol. The van der Waals surface area contributed by atoms with Crippen LogP contribution < -0.4 is 5.73 Å². The van der Waals surface area contributed by atoms with Crippen LogP contribution in [0, 0.1) is 0 Å². The maximum absolute atomic E-state index is 9.94. The van der Waals surface area contributed by atoms with Gasteiger partial charge in [0.05, 0.1) is 0 Å². The Bertz CT molecular complexity index is 241. The zero-order valence-electron chi connectivity index (χ0n) is 7.49. The number of nitrogens with two attached hydrogens (primary N) is 1. The highest BCUT2D eigenvalue weighted by Gasteiger charge is 2.26. The molecule has 0 unspecified atom stereocenters. The number of hydrogen-bond donors (Lipinski definition) is 2. The predicted molar refractivity (Wildman–Crippen MR) is 49.7 cm³/mol. The molecule has 1 aromatic carbocycles. The second kappa shape index (κ2) is 3.25. The van der Waals surface area contributed by atoms with E-state index in [0.29, 0.717) is 0 Å². The van der Waals surface area contributed by atoms with Crippen LogP contribution in [-0.4, -0.2) is 11.1 Å². The van der Waals surface area contributed by atoms with Gasteiger partial charge in [-0.05, 0) is 19.4 Å². The summed E-state index contributed by atoms with van der Waals surface area (Å²) >= 11 is 0. The average Bonchev–Trinajstić information content (AvgIpc) is 2.06. The zero-order valence-corrected chi connectivity index (χ0v) is 7.49. The Morgan fingerprint density at radius 3 is 2.25 bits per heavy atom. The molecule has 12 heavy (non-hydrogen) atoms. The Balaban J connectivity index is 2.98. The average molecular weight is 165 g/mol. The molecule has 0 aliphatic carbocycles. The lowest BCUT2D eigenvalue weighted by molar-refractivity contribution is 0.0349. The summed E-state index contributed by atoms with van der Waals surface area (Å²) in [4.78, 5) is 0. The van der Waals surface area contributed by atoms with Crippen molar-refractivity contribution in [3.63, 3.8) is 0 Å². The van der Waals surface area contributed by atoms with Crippen molar-refractivity contribution >= 4 is 0 Å². The van der Waals surface area contributed by atoms with Crippen molar-refractivity contribution in [3.05, 3.63) is 35.9 Å². The Kier molecular flexibility index (Phi) is 2.50. The molecule has 1 rings (SSSR count). The third kappa shape index (κ3) is 1.65. The monoisotopic (exact) mass is 165 g/mol. The highest BCUT2D eigenvalue weighted by Crippen LogP contribution is 2.22. The van der Waals surface area contributed by atoms with E-state index < -0.39 is 5.60 Å². The van der Waals surface area contributed by atoms with Gasteiger partial charge in [-0.25, -0.2) is 0 Å². The molecule has 1 aromatic rings. The van der Waals surface area contributed by atoms with Crippen LogP contribution in [-0.2, 0) is 5.60 Å². The second-order valence-electron chi connectivity index (χ2n) is 3.30. The van der Waals surface area contributed by atoms with E-state index in [9.17, 15) is 5.11 Å². The first-order valence-corrected chi connectivity index (χ1v) is 4.08. The van der Waals surface area contributed by atoms with Crippen molar-refractivity contribution in [3.8, 4) is 0 Å². The number of hydrogen-bond acceptors (Lipinski definition) is 2. The normalized spacial score (nSPS) is 18.3. The molecule has 0 fully saturated rings. The van der Waals surface area contributed by atoms with E-state index in [1.54, 1.807) is 13.8 Å². The molecule has 0 bridgehead atoms. The van der Waals surface area contributed by atoms with E-state index in [-0.39, 0.29) is 6.04 Å². The fourth-order valence-electron chi connectivity index (χ4n) is 1.04. The Morgan fingerprint density at radius 1 is 1.33 bits per heavy atom. The van der Waals surface area contributed by atoms with Gasteiger partial charge in [-0.2, -0.15) is 0 Å². The lowest BCUT2D eigenvalue weighted by atomic mass is 9.90. The summed E-state index contributed by atoms with van der Waals surface area (Å²) in [5.41, 5.74) is 5.58. The summed E-state index contributed by atoms with van der Waals surface area (Å²) in [6.45, 7) is 3.53. The van der Waals surface area contributed by atoms with Crippen LogP contribution in [0.25, 0.3) is 0 Å². The highest BCUT2D eigenvalue weighted by atomic mass is 16.3. The Labute approximate surface area is 73.0 Å². The summed E-state index contributed by atoms with van der Waals surface area (Å²) < 4.78 is 0. The van der Waals surface area contributed by atoms with E-state index in [0.717, 1.165) is 5.56 Å². The molecule has 0 aromatic heterocycles. The van der Waals surface area contributed by atoms with Crippen LogP contribution in [0.4, 0.5) is 0 Å². The van der Waals surface area contributed by atoms with Crippen LogP contribution >= 0.6 is 0 Å². The molecule has 2 nitrogen and oxygen atoms in total. The van der Waals surface area contributed by atoms with Gasteiger partial charge in [0.2, 0.25) is 0 Å². The smallest absolute Gasteiger partial charge is 0.102 e. The van der Waals surface area contributed by atoms with E-state index in [1.165, 1.54) is 0 Å². The topological polar surface area (TPSA) is 46.2 Å². The molecule has 66 valence electrons. The van der Waals surface area contributed by atoms with Crippen LogP contribution in [0.3, 0.4) is 0 Å². The molecule has 0 saturated carbocycles. The minimum atomic E-state index is -0.929. The summed E-state index contributed by atoms with van der Waals surface area (Å²) in [5.74, 6) is 0. The molecule has 2 atom stereocenters. The van der Waals surface area contributed by atoms with Gasteiger partial charge < -0.3 is 10.8 Å². The SMILES string of the molecule is C[C@@H](N)[C@](C)(O)c1ccccc1. The first-order valence-electron chi connectivity index (χ1n) is 4.08. The number of aliphatic hydroxyl groups is 1. The summed E-state index contributed by atoms with van der Waals surface area (Å²) in [5, 5.41) is 9.94. The Morgan fingerprint density at radius 2 is 1.83 bits per heavy atom. The van der Waals surface area contributed by atoms with E-state index in [2.05, 4.69) is 0 Å². The molecule has 0 amide bonds. The van der Waals surface area contributed by atoms with Gasteiger partial charge in [-0.15, -0.1) is 0 Å². The van der Waals surface area contributed by atoms with Crippen molar-refractivity contribution in [1.82, 2.24) is 0 Å². The third-order valence-corrected chi connectivity index (χ3v) is 2.24. The van der Waals surface area contributed by atoms with Crippen molar-refractivity contribution in [1.29, 1.82) is 0 Å². The van der Waals surface area contributed by atoms with Gasteiger partial charge >= 0.3 is 0 Å². The van der Waals surface area contributed by atoms with Gasteiger partial charge in [0.25, 0.3) is 0 Å². The van der Waals surface area contributed by atoms with Gasteiger partial charge in [-0.3, -0.25) is 0 Å². The molecular formula is C10H15NO.